The molecule has 0 aromatic carbocycles. The Kier molecular flexibility index (Phi) is 4.20. The van der Waals surface area contributed by atoms with Crippen molar-refractivity contribution in [2.24, 2.45) is 0 Å². The zero-order valence-corrected chi connectivity index (χ0v) is 11.4. The lowest BCUT2D eigenvalue weighted by molar-refractivity contribution is 1.05. The standard InChI is InChI=1S/C14H16N2OS/c1-3-11-8-15-5-4-12(11)9-18-14-7-10(2)6-13(17)16-14/h4-8H,3,9H2,1-2H3,(H,16,17). The van der Waals surface area contributed by atoms with Gasteiger partial charge < -0.3 is 4.98 Å². The van der Waals surface area contributed by atoms with E-state index in [1.165, 1.54) is 11.1 Å². The molecule has 3 nitrogen and oxygen atoms in total. The molecule has 0 bridgehead atoms. The van der Waals surface area contributed by atoms with E-state index in [0.29, 0.717) is 0 Å². The van der Waals surface area contributed by atoms with Crippen LogP contribution < -0.4 is 5.56 Å². The van der Waals surface area contributed by atoms with Crippen LogP contribution in [0.2, 0.25) is 0 Å². The molecule has 0 unspecified atom stereocenters. The summed E-state index contributed by atoms with van der Waals surface area (Å²) in [5.41, 5.74) is 3.49. The molecule has 0 atom stereocenters. The van der Waals surface area contributed by atoms with Gasteiger partial charge in [0.15, 0.2) is 0 Å². The van der Waals surface area contributed by atoms with E-state index in [9.17, 15) is 4.79 Å². The van der Waals surface area contributed by atoms with Gasteiger partial charge >= 0.3 is 0 Å². The van der Waals surface area contributed by atoms with Crippen LogP contribution in [0, 0.1) is 6.92 Å². The first-order valence-electron chi connectivity index (χ1n) is 5.94. The zero-order valence-electron chi connectivity index (χ0n) is 10.6. The van der Waals surface area contributed by atoms with Crippen LogP contribution in [0.25, 0.3) is 0 Å². The maximum Gasteiger partial charge on any atom is 0.249 e. The molecule has 0 spiro atoms. The summed E-state index contributed by atoms with van der Waals surface area (Å²) in [5, 5.41) is 0.916. The highest BCUT2D eigenvalue weighted by Crippen LogP contribution is 2.22. The minimum Gasteiger partial charge on any atom is -0.317 e. The fourth-order valence-corrected chi connectivity index (χ4v) is 2.83. The van der Waals surface area contributed by atoms with Crippen molar-refractivity contribution >= 4 is 11.8 Å². The van der Waals surface area contributed by atoms with Gasteiger partial charge in [0.25, 0.3) is 0 Å². The Balaban J connectivity index is 2.13. The van der Waals surface area contributed by atoms with E-state index in [1.54, 1.807) is 17.8 Å². The van der Waals surface area contributed by atoms with Crippen LogP contribution in [0.15, 0.2) is 40.4 Å². The molecule has 0 aliphatic heterocycles. The van der Waals surface area contributed by atoms with Gasteiger partial charge in [-0.05, 0) is 42.2 Å². The lowest BCUT2D eigenvalue weighted by atomic mass is 10.1. The number of aromatic nitrogens is 2. The van der Waals surface area contributed by atoms with E-state index >= 15 is 0 Å². The summed E-state index contributed by atoms with van der Waals surface area (Å²) in [6.45, 7) is 4.06. The van der Waals surface area contributed by atoms with E-state index in [2.05, 4.69) is 16.9 Å². The van der Waals surface area contributed by atoms with Gasteiger partial charge in [0.1, 0.15) is 0 Å². The molecule has 94 valence electrons. The van der Waals surface area contributed by atoms with E-state index in [1.807, 2.05) is 31.5 Å². The first kappa shape index (κ1) is 12.9. The van der Waals surface area contributed by atoms with E-state index in [-0.39, 0.29) is 5.56 Å². The highest BCUT2D eigenvalue weighted by atomic mass is 32.2. The summed E-state index contributed by atoms with van der Waals surface area (Å²) in [6.07, 6.45) is 4.71. The Bertz CT molecular complexity index is 592. The maximum atomic E-state index is 11.4. The molecule has 2 heterocycles. The van der Waals surface area contributed by atoms with E-state index in [0.717, 1.165) is 22.8 Å². The number of nitrogens with one attached hydrogen (secondary N) is 1. The first-order chi connectivity index (χ1) is 8.69. The van der Waals surface area contributed by atoms with Gasteiger partial charge in [-0.1, -0.05) is 6.92 Å². The molecule has 0 amide bonds. The van der Waals surface area contributed by atoms with Crippen molar-refractivity contribution in [1.29, 1.82) is 0 Å². The normalized spacial score (nSPS) is 10.6. The highest BCUT2D eigenvalue weighted by molar-refractivity contribution is 7.98. The Labute approximate surface area is 111 Å². The molecule has 0 aliphatic carbocycles. The number of nitrogens with zero attached hydrogens (tertiary/aromatic N) is 1. The number of pyridine rings is 2. The number of aryl methyl sites for hydroxylation is 2. The number of hydrogen-bond donors (Lipinski definition) is 1. The molecule has 0 saturated carbocycles. The van der Waals surface area contributed by atoms with Gasteiger partial charge in [-0.15, -0.1) is 11.8 Å². The second-order valence-corrected chi connectivity index (χ2v) is 5.19. The maximum absolute atomic E-state index is 11.4. The van der Waals surface area contributed by atoms with Gasteiger partial charge in [0.2, 0.25) is 5.56 Å². The fourth-order valence-electron chi connectivity index (χ4n) is 1.80. The summed E-state index contributed by atoms with van der Waals surface area (Å²) in [4.78, 5) is 18.3. The molecule has 0 saturated heterocycles. The molecule has 4 heteroatoms. The lowest BCUT2D eigenvalue weighted by Gasteiger charge is -2.07. The molecule has 2 aromatic rings. The largest absolute Gasteiger partial charge is 0.317 e. The summed E-state index contributed by atoms with van der Waals surface area (Å²) >= 11 is 1.65. The molecule has 0 fully saturated rings. The van der Waals surface area contributed by atoms with Crippen molar-refractivity contribution in [3.8, 4) is 0 Å². The van der Waals surface area contributed by atoms with Crippen LogP contribution in [0.3, 0.4) is 0 Å². The van der Waals surface area contributed by atoms with E-state index in [4.69, 9.17) is 0 Å². The van der Waals surface area contributed by atoms with Gasteiger partial charge in [-0.2, -0.15) is 0 Å². The predicted octanol–water partition coefficient (Wildman–Crippen LogP) is 2.93. The molecule has 2 rings (SSSR count). The van der Waals surface area contributed by atoms with Crippen molar-refractivity contribution in [1.82, 2.24) is 9.97 Å². The highest BCUT2D eigenvalue weighted by Gasteiger charge is 2.03. The quantitative estimate of drug-likeness (QED) is 0.860. The third kappa shape index (κ3) is 3.23. The average Bonchev–Trinajstić information content (AvgIpc) is 2.35. The van der Waals surface area contributed by atoms with Crippen molar-refractivity contribution in [2.45, 2.75) is 31.0 Å². The third-order valence-electron chi connectivity index (χ3n) is 2.73. The monoisotopic (exact) mass is 260 g/mol. The average molecular weight is 260 g/mol. The summed E-state index contributed by atoms with van der Waals surface area (Å²) in [6, 6.07) is 5.65. The van der Waals surface area contributed by atoms with Crippen LogP contribution >= 0.6 is 11.8 Å². The van der Waals surface area contributed by atoms with Gasteiger partial charge in [-0.3, -0.25) is 9.78 Å². The lowest BCUT2D eigenvalue weighted by Crippen LogP contribution is -2.05. The van der Waals surface area contributed by atoms with Gasteiger partial charge in [-0.25, -0.2) is 0 Å². The Morgan fingerprint density at radius 1 is 1.33 bits per heavy atom. The number of rotatable bonds is 4. The van der Waals surface area contributed by atoms with Crippen molar-refractivity contribution in [3.63, 3.8) is 0 Å². The summed E-state index contributed by atoms with van der Waals surface area (Å²) in [5.74, 6) is 0.852. The van der Waals surface area contributed by atoms with Crippen LogP contribution in [0.5, 0.6) is 0 Å². The SMILES string of the molecule is CCc1cnccc1CSc1cc(C)cc(=O)[nH]1. The van der Waals surface area contributed by atoms with Crippen LogP contribution in [-0.4, -0.2) is 9.97 Å². The number of H-pyrrole nitrogens is 1. The Hall–Kier alpha value is -1.55. The number of thioether (sulfide) groups is 1. The minimum atomic E-state index is -0.0389. The second-order valence-electron chi connectivity index (χ2n) is 4.17. The number of aromatic amines is 1. The van der Waals surface area contributed by atoms with Crippen molar-refractivity contribution < 1.29 is 0 Å². The topological polar surface area (TPSA) is 45.8 Å². The Morgan fingerprint density at radius 3 is 2.89 bits per heavy atom. The molecule has 0 aliphatic rings. The van der Waals surface area contributed by atoms with Crippen molar-refractivity contribution in [2.75, 3.05) is 0 Å². The molecular formula is C14H16N2OS. The third-order valence-corrected chi connectivity index (χ3v) is 3.72. The van der Waals surface area contributed by atoms with Crippen LogP contribution in [0.4, 0.5) is 0 Å². The molecule has 2 aromatic heterocycles. The molecule has 1 N–H and O–H groups in total. The number of hydrogen-bond acceptors (Lipinski definition) is 3. The molecule has 0 radical (unpaired) electrons. The molecule has 18 heavy (non-hydrogen) atoms. The van der Waals surface area contributed by atoms with E-state index < -0.39 is 0 Å². The van der Waals surface area contributed by atoms with Gasteiger partial charge in [0, 0.05) is 24.2 Å². The van der Waals surface area contributed by atoms with Crippen molar-refractivity contribution in [3.05, 3.63) is 57.6 Å². The zero-order chi connectivity index (χ0) is 13.0. The Morgan fingerprint density at radius 2 is 2.17 bits per heavy atom. The smallest absolute Gasteiger partial charge is 0.249 e. The molecular weight excluding hydrogens is 244 g/mol. The van der Waals surface area contributed by atoms with Crippen LogP contribution in [-0.2, 0) is 12.2 Å². The second kappa shape index (κ2) is 5.87. The predicted molar refractivity (Wildman–Crippen MR) is 75.0 cm³/mol. The van der Waals surface area contributed by atoms with Gasteiger partial charge in [0.05, 0.1) is 5.03 Å². The first-order valence-corrected chi connectivity index (χ1v) is 6.93. The minimum absolute atomic E-state index is 0.0389. The summed E-state index contributed by atoms with van der Waals surface area (Å²) < 4.78 is 0. The summed E-state index contributed by atoms with van der Waals surface area (Å²) in [7, 11) is 0. The van der Waals surface area contributed by atoms with Crippen LogP contribution in [0.1, 0.15) is 23.6 Å². The fraction of sp³-hybridized carbons (Fsp3) is 0.286.